The Bertz CT molecular complexity index is 311. The molecule has 0 aliphatic rings. The zero-order valence-corrected chi connectivity index (χ0v) is 9.07. The number of benzene rings is 1. The molecule has 3 nitrogen and oxygen atoms in total. The van der Waals surface area contributed by atoms with Gasteiger partial charge in [-0.1, -0.05) is 0 Å². The lowest BCUT2D eigenvalue weighted by molar-refractivity contribution is 0.0772. The fourth-order valence-electron chi connectivity index (χ4n) is 1.36. The number of nitrogens with zero attached hydrogens (tertiary/aromatic N) is 1. The highest BCUT2D eigenvalue weighted by Crippen LogP contribution is 2.15. The fraction of sp³-hybridized carbons (Fsp3) is 0.455. The van der Waals surface area contributed by atoms with Gasteiger partial charge in [0.15, 0.2) is 0 Å². The number of halogens is 1. The molecule has 1 rings (SSSR count). The predicted molar refractivity (Wildman–Crippen MR) is 59.3 cm³/mol. The Morgan fingerprint density at radius 1 is 1.40 bits per heavy atom. The van der Waals surface area contributed by atoms with Crippen molar-refractivity contribution in [1.29, 1.82) is 0 Å². The van der Waals surface area contributed by atoms with Crippen molar-refractivity contribution >= 4 is 5.69 Å². The molecule has 1 aromatic carbocycles. The van der Waals surface area contributed by atoms with Gasteiger partial charge in [0, 0.05) is 25.8 Å². The van der Waals surface area contributed by atoms with E-state index in [-0.39, 0.29) is 12.4 Å². The smallest absolute Gasteiger partial charge is 0.123 e. The van der Waals surface area contributed by atoms with Gasteiger partial charge in [-0.2, -0.15) is 0 Å². The van der Waals surface area contributed by atoms with E-state index < -0.39 is 5.60 Å². The van der Waals surface area contributed by atoms with Crippen LogP contribution in [-0.2, 0) is 0 Å². The number of rotatable bonds is 4. The first-order chi connectivity index (χ1) is 6.94. The van der Waals surface area contributed by atoms with Gasteiger partial charge in [0.25, 0.3) is 0 Å². The van der Waals surface area contributed by atoms with Gasteiger partial charge in [-0.15, -0.1) is 0 Å². The van der Waals surface area contributed by atoms with E-state index in [9.17, 15) is 9.50 Å². The van der Waals surface area contributed by atoms with Gasteiger partial charge in [-0.3, -0.25) is 0 Å². The summed E-state index contributed by atoms with van der Waals surface area (Å²) in [6.07, 6.45) is 0. The number of hydrogen-bond acceptors (Lipinski definition) is 3. The maximum absolute atomic E-state index is 12.7. The van der Waals surface area contributed by atoms with Crippen molar-refractivity contribution in [2.24, 2.45) is 5.73 Å². The second-order valence-electron chi connectivity index (χ2n) is 4.03. The van der Waals surface area contributed by atoms with E-state index in [0.29, 0.717) is 6.54 Å². The first-order valence-corrected chi connectivity index (χ1v) is 4.84. The van der Waals surface area contributed by atoms with Crippen LogP contribution in [0.5, 0.6) is 0 Å². The van der Waals surface area contributed by atoms with Crippen molar-refractivity contribution in [3.05, 3.63) is 30.1 Å². The molecular formula is C11H17FN2O. The molecule has 1 aromatic rings. The first kappa shape index (κ1) is 11.9. The highest BCUT2D eigenvalue weighted by molar-refractivity contribution is 5.45. The molecule has 3 N–H and O–H groups in total. The third-order valence-electron chi connectivity index (χ3n) is 2.28. The Morgan fingerprint density at radius 2 is 1.93 bits per heavy atom. The van der Waals surface area contributed by atoms with Gasteiger partial charge in [-0.05, 0) is 31.2 Å². The van der Waals surface area contributed by atoms with Gasteiger partial charge >= 0.3 is 0 Å². The third kappa shape index (κ3) is 3.49. The molecule has 0 radical (unpaired) electrons. The molecular weight excluding hydrogens is 195 g/mol. The quantitative estimate of drug-likeness (QED) is 0.782. The summed E-state index contributed by atoms with van der Waals surface area (Å²) in [7, 11) is 1.83. The summed E-state index contributed by atoms with van der Waals surface area (Å²) in [4.78, 5) is 1.84. The van der Waals surface area contributed by atoms with Crippen LogP contribution in [-0.4, -0.2) is 30.8 Å². The van der Waals surface area contributed by atoms with Crippen LogP contribution in [0.2, 0.25) is 0 Å². The maximum atomic E-state index is 12.7. The average molecular weight is 212 g/mol. The molecule has 0 spiro atoms. The zero-order valence-electron chi connectivity index (χ0n) is 9.07. The molecule has 0 bridgehead atoms. The van der Waals surface area contributed by atoms with Crippen LogP contribution in [0.3, 0.4) is 0 Å². The number of anilines is 1. The molecule has 0 heterocycles. The Labute approximate surface area is 89.3 Å². The van der Waals surface area contributed by atoms with Crippen LogP contribution in [0.4, 0.5) is 10.1 Å². The van der Waals surface area contributed by atoms with Crippen molar-refractivity contribution in [3.8, 4) is 0 Å². The monoisotopic (exact) mass is 212 g/mol. The summed E-state index contributed by atoms with van der Waals surface area (Å²) in [5, 5.41) is 9.77. The SMILES string of the molecule is CN(CC(C)(O)CN)c1ccc(F)cc1. The van der Waals surface area contributed by atoms with Crippen molar-refractivity contribution in [3.63, 3.8) is 0 Å². The van der Waals surface area contributed by atoms with E-state index >= 15 is 0 Å². The standard InChI is InChI=1S/C11H17FN2O/c1-11(15,7-13)8-14(2)10-5-3-9(12)4-6-10/h3-6,15H,7-8,13H2,1-2H3. The van der Waals surface area contributed by atoms with Gasteiger partial charge < -0.3 is 15.7 Å². The van der Waals surface area contributed by atoms with E-state index in [1.54, 1.807) is 19.1 Å². The van der Waals surface area contributed by atoms with Gasteiger partial charge in [-0.25, -0.2) is 4.39 Å². The molecule has 84 valence electrons. The molecule has 15 heavy (non-hydrogen) atoms. The van der Waals surface area contributed by atoms with Gasteiger partial charge in [0.2, 0.25) is 0 Å². The molecule has 0 aliphatic carbocycles. The molecule has 0 amide bonds. The Kier molecular flexibility index (Phi) is 3.66. The number of nitrogens with two attached hydrogens (primary N) is 1. The second-order valence-corrected chi connectivity index (χ2v) is 4.03. The normalized spacial score (nSPS) is 14.7. The number of likely N-dealkylation sites (N-methyl/N-ethyl adjacent to an activating group) is 1. The van der Waals surface area contributed by atoms with Crippen molar-refractivity contribution < 1.29 is 9.50 Å². The van der Waals surface area contributed by atoms with Crippen LogP contribution in [0.15, 0.2) is 24.3 Å². The molecule has 0 aromatic heterocycles. The Balaban J connectivity index is 2.69. The predicted octanol–water partition coefficient (Wildman–Crippen LogP) is 0.972. The van der Waals surface area contributed by atoms with Gasteiger partial charge in [0.1, 0.15) is 5.82 Å². The average Bonchev–Trinajstić information content (AvgIpc) is 2.18. The highest BCUT2D eigenvalue weighted by Gasteiger charge is 2.20. The number of aliphatic hydroxyl groups is 1. The minimum atomic E-state index is -0.927. The van der Waals surface area contributed by atoms with Crippen LogP contribution in [0.25, 0.3) is 0 Å². The Morgan fingerprint density at radius 3 is 2.40 bits per heavy atom. The van der Waals surface area contributed by atoms with Crippen LogP contribution in [0, 0.1) is 5.82 Å². The minimum absolute atomic E-state index is 0.193. The van der Waals surface area contributed by atoms with Crippen LogP contribution >= 0.6 is 0 Å². The molecule has 0 aliphatic heterocycles. The topological polar surface area (TPSA) is 49.5 Å². The molecule has 0 fully saturated rings. The molecule has 1 unspecified atom stereocenters. The largest absolute Gasteiger partial charge is 0.387 e. The maximum Gasteiger partial charge on any atom is 0.123 e. The van der Waals surface area contributed by atoms with Crippen LogP contribution < -0.4 is 10.6 Å². The first-order valence-electron chi connectivity index (χ1n) is 4.84. The summed E-state index contributed by atoms with van der Waals surface area (Å²) in [6, 6.07) is 6.12. The van der Waals surface area contributed by atoms with Crippen molar-refractivity contribution in [2.75, 3.05) is 25.0 Å². The molecule has 1 atom stereocenters. The summed E-state index contributed by atoms with van der Waals surface area (Å²) >= 11 is 0. The lowest BCUT2D eigenvalue weighted by Gasteiger charge is -2.29. The highest BCUT2D eigenvalue weighted by atomic mass is 19.1. The van der Waals surface area contributed by atoms with E-state index in [0.717, 1.165) is 5.69 Å². The molecule has 0 saturated heterocycles. The van der Waals surface area contributed by atoms with E-state index in [1.807, 2.05) is 11.9 Å². The second kappa shape index (κ2) is 4.59. The summed E-state index contributed by atoms with van der Waals surface area (Å²) in [5.74, 6) is -0.266. The van der Waals surface area contributed by atoms with E-state index in [2.05, 4.69) is 0 Å². The Hall–Kier alpha value is -1.13. The summed E-state index contributed by atoms with van der Waals surface area (Å²) < 4.78 is 12.7. The van der Waals surface area contributed by atoms with Crippen LogP contribution in [0.1, 0.15) is 6.92 Å². The van der Waals surface area contributed by atoms with E-state index in [1.165, 1.54) is 12.1 Å². The van der Waals surface area contributed by atoms with Gasteiger partial charge in [0.05, 0.1) is 5.60 Å². The summed E-state index contributed by atoms with van der Waals surface area (Å²) in [5.41, 5.74) is 5.34. The molecule has 0 saturated carbocycles. The van der Waals surface area contributed by atoms with Crippen molar-refractivity contribution in [1.82, 2.24) is 0 Å². The zero-order chi connectivity index (χ0) is 11.5. The third-order valence-corrected chi connectivity index (χ3v) is 2.28. The lowest BCUT2D eigenvalue weighted by atomic mass is 10.1. The lowest BCUT2D eigenvalue weighted by Crippen LogP contribution is -2.44. The summed E-state index contributed by atoms with van der Waals surface area (Å²) in [6.45, 7) is 2.28. The number of hydrogen-bond donors (Lipinski definition) is 2. The molecule has 4 heteroatoms. The minimum Gasteiger partial charge on any atom is -0.387 e. The van der Waals surface area contributed by atoms with Crippen molar-refractivity contribution in [2.45, 2.75) is 12.5 Å². The van der Waals surface area contributed by atoms with E-state index in [4.69, 9.17) is 5.73 Å². The fourth-order valence-corrected chi connectivity index (χ4v) is 1.36.